The normalized spacial score (nSPS) is 15.9. The second-order valence-electron chi connectivity index (χ2n) is 6.59. The highest BCUT2D eigenvalue weighted by atomic mass is 19.4. The molecule has 0 spiro atoms. The third-order valence-corrected chi connectivity index (χ3v) is 4.76. The van der Waals surface area contributed by atoms with Crippen LogP contribution in [0.1, 0.15) is 39.8 Å². The van der Waals surface area contributed by atoms with Crippen molar-refractivity contribution in [3.63, 3.8) is 0 Å². The number of phenolic OH excluding ortho intramolecular Hbond substituents is 1. The Morgan fingerprint density at radius 3 is 2.69 bits per heavy atom. The van der Waals surface area contributed by atoms with Gasteiger partial charge in [0.25, 0.3) is 5.91 Å². The van der Waals surface area contributed by atoms with E-state index in [1.807, 2.05) is 0 Å². The van der Waals surface area contributed by atoms with Gasteiger partial charge >= 0.3 is 6.18 Å². The number of benzene rings is 2. The van der Waals surface area contributed by atoms with Crippen molar-refractivity contribution < 1.29 is 27.5 Å². The van der Waals surface area contributed by atoms with Crippen molar-refractivity contribution in [2.75, 3.05) is 0 Å². The Balaban J connectivity index is 1.69. The molecule has 1 atom stereocenters. The molecule has 29 heavy (non-hydrogen) atoms. The van der Waals surface area contributed by atoms with E-state index in [1.54, 1.807) is 12.1 Å². The van der Waals surface area contributed by atoms with Crippen molar-refractivity contribution in [2.45, 2.75) is 25.1 Å². The lowest BCUT2D eigenvalue weighted by atomic mass is 10.1. The van der Waals surface area contributed by atoms with E-state index in [0.717, 1.165) is 12.1 Å². The van der Waals surface area contributed by atoms with Gasteiger partial charge in [-0.05, 0) is 48.2 Å². The van der Waals surface area contributed by atoms with Crippen LogP contribution in [-0.2, 0) is 12.6 Å². The number of phenols is 1. The molecule has 0 aliphatic heterocycles. The van der Waals surface area contributed by atoms with E-state index < -0.39 is 35.3 Å². The van der Waals surface area contributed by atoms with Gasteiger partial charge in [0.2, 0.25) is 0 Å². The average molecular weight is 406 g/mol. The van der Waals surface area contributed by atoms with Gasteiger partial charge in [-0.1, -0.05) is 23.4 Å². The predicted molar refractivity (Wildman–Crippen MR) is 93.0 cm³/mol. The van der Waals surface area contributed by atoms with E-state index in [1.165, 1.54) is 18.2 Å². The number of fused-ring (bicyclic) bond motifs is 1. The lowest BCUT2D eigenvalue weighted by molar-refractivity contribution is -0.143. The van der Waals surface area contributed by atoms with Gasteiger partial charge in [-0.3, -0.25) is 4.79 Å². The largest absolute Gasteiger partial charge is 0.508 e. The summed E-state index contributed by atoms with van der Waals surface area (Å²) in [7, 11) is 0. The van der Waals surface area contributed by atoms with Crippen molar-refractivity contribution in [3.05, 3.63) is 70.8 Å². The van der Waals surface area contributed by atoms with Gasteiger partial charge in [0.05, 0.1) is 11.7 Å². The molecule has 150 valence electrons. The quantitative estimate of drug-likeness (QED) is 0.652. The Bertz CT molecular complexity index is 1090. The highest BCUT2D eigenvalue weighted by Crippen LogP contribution is 2.37. The molecule has 1 heterocycles. The first-order valence-corrected chi connectivity index (χ1v) is 8.66. The maximum Gasteiger partial charge on any atom is 0.435 e. The number of alkyl halides is 3. The minimum absolute atomic E-state index is 0.0762. The Morgan fingerprint density at radius 2 is 1.97 bits per heavy atom. The minimum atomic E-state index is -4.95. The molecular weight excluding hydrogens is 392 g/mol. The van der Waals surface area contributed by atoms with Crippen molar-refractivity contribution in [1.82, 2.24) is 20.3 Å². The highest BCUT2D eigenvalue weighted by Gasteiger charge is 2.42. The first-order valence-electron chi connectivity index (χ1n) is 8.66. The average Bonchev–Trinajstić information content (AvgIpc) is 3.27. The molecule has 0 saturated carbocycles. The predicted octanol–water partition coefficient (Wildman–Crippen LogP) is 3.55. The van der Waals surface area contributed by atoms with Crippen LogP contribution in [-0.4, -0.2) is 26.0 Å². The fourth-order valence-electron chi connectivity index (χ4n) is 3.49. The van der Waals surface area contributed by atoms with Crippen molar-refractivity contribution in [3.8, 4) is 11.4 Å². The second kappa shape index (κ2) is 6.87. The molecule has 1 aliphatic rings. The SMILES string of the molecule is O=C(NC1CCc2c(O)cccc21)c1nnn(-c2cccc(F)c2)c1C(F)(F)F. The second-order valence-corrected chi connectivity index (χ2v) is 6.59. The summed E-state index contributed by atoms with van der Waals surface area (Å²) in [6.07, 6.45) is -4.04. The number of nitrogens with one attached hydrogen (secondary N) is 1. The Morgan fingerprint density at radius 1 is 1.21 bits per heavy atom. The molecule has 3 aromatic rings. The molecular formula is C19H14F4N4O2. The molecule has 1 aromatic heterocycles. The zero-order valence-corrected chi connectivity index (χ0v) is 14.7. The smallest absolute Gasteiger partial charge is 0.435 e. The van der Waals surface area contributed by atoms with Crippen molar-refractivity contribution in [1.29, 1.82) is 0 Å². The number of amides is 1. The Labute approximate surface area is 161 Å². The molecule has 1 unspecified atom stereocenters. The zero-order chi connectivity index (χ0) is 20.8. The number of nitrogens with zero attached hydrogens (tertiary/aromatic N) is 3. The van der Waals surface area contributed by atoms with Crippen LogP contribution >= 0.6 is 0 Å². The molecule has 0 radical (unpaired) electrons. The number of carbonyl (C=O) groups is 1. The van der Waals surface area contributed by atoms with Gasteiger partial charge in [0.1, 0.15) is 11.6 Å². The summed E-state index contributed by atoms with van der Waals surface area (Å²) in [6.45, 7) is 0. The first-order chi connectivity index (χ1) is 13.8. The van der Waals surface area contributed by atoms with Crippen LogP contribution in [0.3, 0.4) is 0 Å². The topological polar surface area (TPSA) is 80.0 Å². The molecule has 10 heteroatoms. The summed E-state index contributed by atoms with van der Waals surface area (Å²) < 4.78 is 54.9. The van der Waals surface area contributed by atoms with Crippen molar-refractivity contribution in [2.24, 2.45) is 0 Å². The number of carbonyl (C=O) groups excluding carboxylic acids is 1. The van der Waals surface area contributed by atoms with Gasteiger partial charge in [-0.2, -0.15) is 13.2 Å². The lowest BCUT2D eigenvalue weighted by Gasteiger charge is -2.15. The number of hydrogen-bond donors (Lipinski definition) is 2. The van der Waals surface area contributed by atoms with E-state index in [0.29, 0.717) is 28.7 Å². The Hall–Kier alpha value is -3.43. The fourth-order valence-corrected chi connectivity index (χ4v) is 3.49. The van der Waals surface area contributed by atoms with Gasteiger partial charge in [0, 0.05) is 0 Å². The summed E-state index contributed by atoms with van der Waals surface area (Å²) in [6, 6.07) is 8.63. The number of aromatic hydroxyl groups is 1. The standard InChI is InChI=1S/C19H14F4N4O2/c20-10-3-1-4-11(9-10)27-17(19(21,22)23)16(25-26-27)18(29)24-14-8-7-13-12(14)5-2-6-15(13)28/h1-6,9,14,28H,7-8H2,(H,24,29). The summed E-state index contributed by atoms with van der Waals surface area (Å²) in [5.74, 6) is -1.73. The first kappa shape index (κ1) is 18.9. The van der Waals surface area contributed by atoms with E-state index in [9.17, 15) is 27.5 Å². The van der Waals surface area contributed by atoms with E-state index >= 15 is 0 Å². The minimum Gasteiger partial charge on any atom is -0.508 e. The monoisotopic (exact) mass is 406 g/mol. The maximum atomic E-state index is 13.7. The highest BCUT2D eigenvalue weighted by molar-refractivity contribution is 5.94. The van der Waals surface area contributed by atoms with Crippen LogP contribution in [0.5, 0.6) is 5.75 Å². The van der Waals surface area contributed by atoms with E-state index in [4.69, 9.17) is 0 Å². The third kappa shape index (κ3) is 3.41. The molecule has 1 aliphatic carbocycles. The van der Waals surface area contributed by atoms with Crippen LogP contribution in [0.2, 0.25) is 0 Å². The van der Waals surface area contributed by atoms with Gasteiger partial charge in [0.15, 0.2) is 11.4 Å². The molecule has 0 saturated heterocycles. The van der Waals surface area contributed by atoms with Crippen LogP contribution < -0.4 is 5.32 Å². The van der Waals surface area contributed by atoms with Crippen molar-refractivity contribution >= 4 is 5.91 Å². The van der Waals surface area contributed by atoms with Gasteiger partial charge in [-0.15, -0.1) is 5.10 Å². The van der Waals surface area contributed by atoms with E-state index in [2.05, 4.69) is 15.6 Å². The van der Waals surface area contributed by atoms with Crippen LogP contribution in [0.4, 0.5) is 17.6 Å². The molecule has 1 amide bonds. The summed E-state index contributed by atoms with van der Waals surface area (Å²) in [5, 5.41) is 19.3. The third-order valence-electron chi connectivity index (χ3n) is 4.76. The van der Waals surface area contributed by atoms with Crippen LogP contribution in [0.25, 0.3) is 5.69 Å². The van der Waals surface area contributed by atoms with Crippen LogP contribution in [0, 0.1) is 5.82 Å². The molecule has 0 bridgehead atoms. The summed E-state index contributed by atoms with van der Waals surface area (Å²) >= 11 is 0. The number of aromatic nitrogens is 3. The molecule has 2 aromatic carbocycles. The molecule has 6 nitrogen and oxygen atoms in total. The van der Waals surface area contributed by atoms with Gasteiger partial charge in [-0.25, -0.2) is 9.07 Å². The zero-order valence-electron chi connectivity index (χ0n) is 14.7. The van der Waals surface area contributed by atoms with E-state index in [-0.39, 0.29) is 11.4 Å². The maximum absolute atomic E-state index is 13.7. The van der Waals surface area contributed by atoms with Gasteiger partial charge < -0.3 is 10.4 Å². The van der Waals surface area contributed by atoms with Crippen LogP contribution in [0.15, 0.2) is 42.5 Å². The summed E-state index contributed by atoms with van der Waals surface area (Å²) in [4.78, 5) is 12.6. The fraction of sp³-hybridized carbons (Fsp3) is 0.211. The number of halogens is 4. The molecule has 4 rings (SSSR count). The molecule has 2 N–H and O–H groups in total. The number of rotatable bonds is 3. The lowest BCUT2D eigenvalue weighted by Crippen LogP contribution is -2.30. The molecule has 0 fully saturated rings. The summed E-state index contributed by atoms with van der Waals surface area (Å²) in [5.41, 5.74) is -1.22. The Kier molecular flexibility index (Phi) is 4.48. The number of hydrogen-bond acceptors (Lipinski definition) is 4.